The molecule has 1 aliphatic heterocycles. The van der Waals surface area contributed by atoms with E-state index >= 15 is 0 Å². The Labute approximate surface area is 183 Å². The van der Waals surface area contributed by atoms with Crippen LogP contribution in [0.5, 0.6) is 0 Å². The van der Waals surface area contributed by atoms with Gasteiger partial charge in [0, 0.05) is 28.4 Å². The van der Waals surface area contributed by atoms with Crippen LogP contribution in [0.2, 0.25) is 0 Å². The van der Waals surface area contributed by atoms with E-state index in [2.05, 4.69) is 4.98 Å². The number of hydrogen-bond donors (Lipinski definition) is 2. The number of nitrogens with zero attached hydrogens (tertiary/aromatic N) is 1. The van der Waals surface area contributed by atoms with Crippen LogP contribution in [-0.4, -0.2) is 21.8 Å². The average molecular weight is 426 g/mol. The molecule has 3 aromatic carbocycles. The van der Waals surface area contributed by atoms with E-state index in [1.165, 1.54) is 29.2 Å². The van der Waals surface area contributed by atoms with Crippen molar-refractivity contribution in [2.75, 3.05) is 4.90 Å². The zero-order chi connectivity index (χ0) is 22.4. The molecule has 0 radical (unpaired) electrons. The number of Topliss-reactive ketones (excluding diaryl/α,β-unsaturated/α-hetero) is 1. The lowest BCUT2D eigenvalue weighted by Crippen LogP contribution is -2.29. The summed E-state index contributed by atoms with van der Waals surface area (Å²) in [7, 11) is 0. The minimum atomic E-state index is -0.896. The van der Waals surface area contributed by atoms with Crippen LogP contribution in [0.1, 0.15) is 22.7 Å². The second-order valence-corrected chi connectivity index (χ2v) is 7.80. The molecule has 1 unspecified atom stereocenters. The third-order valence-electron chi connectivity index (χ3n) is 5.79. The van der Waals surface area contributed by atoms with Gasteiger partial charge in [-0.3, -0.25) is 14.5 Å². The largest absolute Gasteiger partial charge is 0.507 e. The van der Waals surface area contributed by atoms with Gasteiger partial charge in [0.2, 0.25) is 0 Å². The Morgan fingerprint density at radius 2 is 1.66 bits per heavy atom. The van der Waals surface area contributed by atoms with E-state index in [-0.39, 0.29) is 11.3 Å². The number of fused-ring (bicyclic) bond motifs is 1. The predicted molar refractivity (Wildman–Crippen MR) is 121 cm³/mol. The molecule has 32 heavy (non-hydrogen) atoms. The molecule has 0 bridgehead atoms. The van der Waals surface area contributed by atoms with Crippen LogP contribution in [0.25, 0.3) is 16.7 Å². The lowest BCUT2D eigenvalue weighted by Gasteiger charge is -2.25. The average Bonchev–Trinajstić information content (AvgIpc) is 3.34. The fourth-order valence-corrected chi connectivity index (χ4v) is 4.18. The normalized spacial score (nSPS) is 17.9. The van der Waals surface area contributed by atoms with Gasteiger partial charge in [0.1, 0.15) is 11.6 Å². The van der Waals surface area contributed by atoms with Crippen LogP contribution in [0.4, 0.5) is 10.1 Å². The molecule has 5 rings (SSSR count). The molecule has 1 saturated heterocycles. The van der Waals surface area contributed by atoms with E-state index in [4.69, 9.17) is 0 Å². The van der Waals surface area contributed by atoms with E-state index < -0.39 is 23.5 Å². The van der Waals surface area contributed by atoms with Crippen molar-refractivity contribution in [2.45, 2.75) is 13.0 Å². The van der Waals surface area contributed by atoms with Crippen molar-refractivity contribution in [3.05, 3.63) is 107 Å². The summed E-state index contributed by atoms with van der Waals surface area (Å²) in [5.41, 5.74) is 3.22. The number of amides is 1. The SMILES string of the molecule is Cc1ccc(N2C(=O)C(=O)/C(=C(\O)c3c[nH]c4ccccc34)C2c2ccc(F)cc2)cc1. The van der Waals surface area contributed by atoms with Crippen LogP contribution in [-0.2, 0) is 9.59 Å². The van der Waals surface area contributed by atoms with E-state index in [9.17, 15) is 19.1 Å². The highest BCUT2D eigenvalue weighted by Crippen LogP contribution is 2.43. The molecule has 2 heterocycles. The highest BCUT2D eigenvalue weighted by Gasteiger charge is 2.47. The van der Waals surface area contributed by atoms with Crippen molar-refractivity contribution >= 4 is 34.0 Å². The minimum absolute atomic E-state index is 0.0352. The molecule has 2 N–H and O–H groups in total. The number of aryl methyl sites for hydroxylation is 1. The monoisotopic (exact) mass is 426 g/mol. The number of aliphatic hydroxyl groups excluding tert-OH is 1. The molecule has 4 aromatic rings. The summed E-state index contributed by atoms with van der Waals surface area (Å²) in [6, 6.07) is 19.3. The standard InChI is InChI=1S/C26H19FN2O3/c1-15-6-12-18(13-7-15)29-23(16-8-10-17(27)11-9-16)22(25(31)26(29)32)24(30)20-14-28-21-5-3-2-4-19(20)21/h2-14,23,28,30H,1H3/b24-22-. The molecule has 1 aliphatic rings. The zero-order valence-corrected chi connectivity index (χ0v) is 17.2. The van der Waals surface area contributed by atoms with Gasteiger partial charge in [0.15, 0.2) is 0 Å². The third kappa shape index (κ3) is 3.08. The Morgan fingerprint density at radius 1 is 0.969 bits per heavy atom. The molecule has 1 aromatic heterocycles. The summed E-state index contributed by atoms with van der Waals surface area (Å²) in [4.78, 5) is 30.8. The van der Waals surface area contributed by atoms with Gasteiger partial charge < -0.3 is 10.1 Å². The number of anilines is 1. The number of carbonyl (C=O) groups excluding carboxylic acids is 2. The van der Waals surface area contributed by atoms with Gasteiger partial charge in [-0.1, -0.05) is 48.0 Å². The Bertz CT molecular complexity index is 1380. The molecule has 1 fully saturated rings. The number of ketones is 1. The molecule has 5 nitrogen and oxygen atoms in total. The van der Waals surface area contributed by atoms with Crippen LogP contribution in [0.15, 0.2) is 84.6 Å². The number of nitrogens with one attached hydrogen (secondary N) is 1. The summed E-state index contributed by atoms with van der Waals surface area (Å²) in [6.45, 7) is 1.92. The fraction of sp³-hybridized carbons (Fsp3) is 0.0769. The number of benzene rings is 3. The molecular weight excluding hydrogens is 407 g/mol. The summed E-state index contributed by atoms with van der Waals surface area (Å²) in [6.07, 6.45) is 1.61. The number of aromatic amines is 1. The highest BCUT2D eigenvalue weighted by atomic mass is 19.1. The van der Waals surface area contributed by atoms with Gasteiger partial charge in [-0.25, -0.2) is 4.39 Å². The van der Waals surface area contributed by atoms with Crippen molar-refractivity contribution in [3.8, 4) is 0 Å². The number of rotatable bonds is 3. The molecule has 6 heteroatoms. The minimum Gasteiger partial charge on any atom is -0.507 e. The van der Waals surface area contributed by atoms with E-state index in [1.54, 1.807) is 18.3 Å². The first-order chi connectivity index (χ1) is 15.5. The fourth-order valence-electron chi connectivity index (χ4n) is 4.18. The number of aliphatic hydroxyl groups is 1. The van der Waals surface area contributed by atoms with Crippen LogP contribution in [0, 0.1) is 12.7 Å². The Hall–Kier alpha value is -4.19. The molecule has 1 atom stereocenters. The smallest absolute Gasteiger partial charge is 0.300 e. The molecule has 1 amide bonds. The summed E-state index contributed by atoms with van der Waals surface area (Å²) >= 11 is 0. The Balaban J connectivity index is 1.75. The van der Waals surface area contributed by atoms with Crippen LogP contribution in [0.3, 0.4) is 0 Å². The summed E-state index contributed by atoms with van der Waals surface area (Å²) in [5.74, 6) is -2.24. The van der Waals surface area contributed by atoms with Crippen molar-refractivity contribution < 1.29 is 19.1 Å². The number of carbonyl (C=O) groups is 2. The number of H-pyrrole nitrogens is 1. The van der Waals surface area contributed by atoms with Crippen LogP contribution < -0.4 is 4.90 Å². The van der Waals surface area contributed by atoms with Crippen molar-refractivity contribution in [3.63, 3.8) is 0 Å². The summed E-state index contributed by atoms with van der Waals surface area (Å²) < 4.78 is 13.6. The van der Waals surface area contributed by atoms with Crippen molar-refractivity contribution in [2.24, 2.45) is 0 Å². The zero-order valence-electron chi connectivity index (χ0n) is 17.2. The number of para-hydroxylation sites is 1. The predicted octanol–water partition coefficient (Wildman–Crippen LogP) is 5.24. The maximum absolute atomic E-state index is 13.6. The quantitative estimate of drug-likeness (QED) is 0.267. The maximum atomic E-state index is 13.6. The first kappa shape index (κ1) is 19.8. The van der Waals surface area contributed by atoms with Gasteiger partial charge in [-0.2, -0.15) is 0 Å². The molecule has 0 aliphatic carbocycles. The van der Waals surface area contributed by atoms with Gasteiger partial charge in [0.25, 0.3) is 11.7 Å². The van der Waals surface area contributed by atoms with E-state index in [0.717, 1.165) is 16.5 Å². The second-order valence-electron chi connectivity index (χ2n) is 7.80. The summed E-state index contributed by atoms with van der Waals surface area (Å²) in [5, 5.41) is 12.0. The Morgan fingerprint density at radius 3 is 2.38 bits per heavy atom. The molecule has 0 spiro atoms. The molecule has 0 saturated carbocycles. The highest BCUT2D eigenvalue weighted by molar-refractivity contribution is 6.51. The van der Waals surface area contributed by atoms with Crippen LogP contribution >= 0.6 is 0 Å². The maximum Gasteiger partial charge on any atom is 0.300 e. The van der Waals surface area contributed by atoms with Crippen molar-refractivity contribution in [1.82, 2.24) is 4.98 Å². The van der Waals surface area contributed by atoms with Gasteiger partial charge in [-0.15, -0.1) is 0 Å². The first-order valence-corrected chi connectivity index (χ1v) is 10.2. The molecular formula is C26H19FN2O3. The van der Waals surface area contributed by atoms with Gasteiger partial charge in [-0.05, 0) is 42.8 Å². The van der Waals surface area contributed by atoms with E-state index in [0.29, 0.717) is 16.8 Å². The lowest BCUT2D eigenvalue weighted by atomic mass is 9.95. The number of aromatic nitrogens is 1. The van der Waals surface area contributed by atoms with Gasteiger partial charge >= 0.3 is 0 Å². The topological polar surface area (TPSA) is 73.4 Å². The van der Waals surface area contributed by atoms with Crippen molar-refractivity contribution in [1.29, 1.82) is 0 Å². The lowest BCUT2D eigenvalue weighted by molar-refractivity contribution is -0.132. The third-order valence-corrected chi connectivity index (χ3v) is 5.79. The number of halogens is 1. The first-order valence-electron chi connectivity index (χ1n) is 10.2. The molecule has 158 valence electrons. The second kappa shape index (κ2) is 7.50. The Kier molecular flexibility index (Phi) is 4.63. The van der Waals surface area contributed by atoms with Gasteiger partial charge in [0.05, 0.1) is 11.6 Å². The number of hydrogen-bond acceptors (Lipinski definition) is 3. The van der Waals surface area contributed by atoms with E-state index in [1.807, 2.05) is 43.3 Å².